The van der Waals surface area contributed by atoms with Crippen LogP contribution in [0.4, 0.5) is 0 Å². The standard InChI is InChI=1S/C12H20O8/c13-5-8(12-11(18)7(14)6-19-12)20-10(17)4-2-1-3-9(15)16/h7-8,11-14,18H,1-6H2,(H,15,16)/t7-,8+,11+,12+/m0/s1. The van der Waals surface area contributed by atoms with Crippen LogP contribution in [0.25, 0.3) is 0 Å². The van der Waals surface area contributed by atoms with Gasteiger partial charge in [-0.1, -0.05) is 0 Å². The van der Waals surface area contributed by atoms with Crippen molar-refractivity contribution < 1.29 is 39.5 Å². The zero-order chi connectivity index (χ0) is 15.1. The molecule has 1 heterocycles. The molecule has 0 unspecified atom stereocenters. The average Bonchev–Trinajstić information content (AvgIpc) is 2.72. The molecule has 8 nitrogen and oxygen atoms in total. The average molecular weight is 292 g/mol. The van der Waals surface area contributed by atoms with E-state index in [1.807, 2.05) is 0 Å². The number of carbonyl (C=O) groups is 2. The highest BCUT2D eigenvalue weighted by Crippen LogP contribution is 2.20. The van der Waals surface area contributed by atoms with Crippen LogP contribution >= 0.6 is 0 Å². The Balaban J connectivity index is 2.33. The Morgan fingerprint density at radius 1 is 1.25 bits per heavy atom. The summed E-state index contributed by atoms with van der Waals surface area (Å²) in [6.07, 6.45) is -3.57. The minimum atomic E-state index is -1.22. The number of ether oxygens (including phenoxy) is 2. The van der Waals surface area contributed by atoms with Gasteiger partial charge in [-0.2, -0.15) is 0 Å². The number of unbranched alkanes of at least 4 members (excludes halogenated alkanes) is 1. The van der Waals surface area contributed by atoms with Gasteiger partial charge in [0.05, 0.1) is 13.2 Å². The van der Waals surface area contributed by atoms with Crippen molar-refractivity contribution in [3.8, 4) is 0 Å². The zero-order valence-electron chi connectivity index (χ0n) is 11.0. The van der Waals surface area contributed by atoms with E-state index in [4.69, 9.17) is 19.7 Å². The molecule has 0 aliphatic carbocycles. The lowest BCUT2D eigenvalue weighted by atomic mass is 10.1. The maximum Gasteiger partial charge on any atom is 0.306 e. The lowest BCUT2D eigenvalue weighted by Crippen LogP contribution is -2.43. The molecule has 0 spiro atoms. The van der Waals surface area contributed by atoms with Crippen molar-refractivity contribution in [2.75, 3.05) is 13.2 Å². The van der Waals surface area contributed by atoms with Crippen LogP contribution in [0.5, 0.6) is 0 Å². The summed E-state index contributed by atoms with van der Waals surface area (Å²) in [5, 5.41) is 36.5. The Morgan fingerprint density at radius 2 is 1.90 bits per heavy atom. The van der Waals surface area contributed by atoms with Gasteiger partial charge < -0.3 is 29.9 Å². The molecule has 4 atom stereocenters. The van der Waals surface area contributed by atoms with Crippen LogP contribution in [0.2, 0.25) is 0 Å². The number of aliphatic hydroxyl groups excluding tert-OH is 3. The molecule has 0 radical (unpaired) electrons. The van der Waals surface area contributed by atoms with Crippen LogP contribution in [0.3, 0.4) is 0 Å². The predicted octanol–water partition coefficient (Wildman–Crippen LogP) is -1.34. The van der Waals surface area contributed by atoms with Crippen LogP contribution in [0.1, 0.15) is 25.7 Å². The minimum Gasteiger partial charge on any atom is -0.481 e. The molecule has 1 aliphatic rings. The molecule has 0 bridgehead atoms. The van der Waals surface area contributed by atoms with Gasteiger partial charge in [-0.3, -0.25) is 9.59 Å². The van der Waals surface area contributed by atoms with Crippen molar-refractivity contribution in [2.45, 2.75) is 50.1 Å². The van der Waals surface area contributed by atoms with E-state index in [0.717, 1.165) is 0 Å². The van der Waals surface area contributed by atoms with Gasteiger partial charge >= 0.3 is 11.9 Å². The van der Waals surface area contributed by atoms with E-state index in [2.05, 4.69) is 0 Å². The largest absolute Gasteiger partial charge is 0.481 e. The van der Waals surface area contributed by atoms with Gasteiger partial charge in [-0.25, -0.2) is 0 Å². The van der Waals surface area contributed by atoms with Gasteiger partial charge in [0, 0.05) is 12.8 Å². The summed E-state index contributed by atoms with van der Waals surface area (Å²) < 4.78 is 10.1. The number of esters is 1. The highest BCUT2D eigenvalue weighted by molar-refractivity contribution is 5.70. The first-order chi connectivity index (χ1) is 9.45. The maximum absolute atomic E-state index is 11.5. The summed E-state index contributed by atoms with van der Waals surface area (Å²) in [5.41, 5.74) is 0. The third-order valence-electron chi connectivity index (χ3n) is 3.04. The molecule has 1 aliphatic heterocycles. The number of carbonyl (C=O) groups excluding carboxylic acids is 1. The lowest BCUT2D eigenvalue weighted by molar-refractivity contribution is -0.163. The SMILES string of the molecule is O=C(O)CCCCC(=O)O[C@H](CO)[C@H]1OC[C@H](O)[C@H]1O. The highest BCUT2D eigenvalue weighted by atomic mass is 16.6. The summed E-state index contributed by atoms with van der Waals surface area (Å²) in [7, 11) is 0. The van der Waals surface area contributed by atoms with Crippen molar-refractivity contribution in [1.29, 1.82) is 0 Å². The van der Waals surface area contributed by atoms with E-state index >= 15 is 0 Å². The highest BCUT2D eigenvalue weighted by Gasteiger charge is 2.41. The van der Waals surface area contributed by atoms with E-state index in [9.17, 15) is 19.8 Å². The topological polar surface area (TPSA) is 134 Å². The fraction of sp³-hybridized carbons (Fsp3) is 0.833. The molecule has 20 heavy (non-hydrogen) atoms. The zero-order valence-corrected chi connectivity index (χ0v) is 11.0. The van der Waals surface area contributed by atoms with Crippen LogP contribution in [0, 0.1) is 0 Å². The second kappa shape index (κ2) is 8.15. The molecule has 0 aromatic carbocycles. The van der Waals surface area contributed by atoms with Crippen molar-refractivity contribution in [3.05, 3.63) is 0 Å². The van der Waals surface area contributed by atoms with Crippen molar-refractivity contribution >= 4 is 11.9 Å². The van der Waals surface area contributed by atoms with Gasteiger partial charge in [0.15, 0.2) is 6.10 Å². The minimum absolute atomic E-state index is 0.0205. The number of hydrogen-bond acceptors (Lipinski definition) is 7. The summed E-state index contributed by atoms with van der Waals surface area (Å²) in [5.74, 6) is -1.53. The second-order valence-corrected chi connectivity index (χ2v) is 4.67. The van der Waals surface area contributed by atoms with Crippen molar-refractivity contribution in [3.63, 3.8) is 0 Å². The van der Waals surface area contributed by atoms with E-state index in [0.29, 0.717) is 12.8 Å². The van der Waals surface area contributed by atoms with E-state index in [-0.39, 0.29) is 19.4 Å². The van der Waals surface area contributed by atoms with E-state index in [1.54, 1.807) is 0 Å². The van der Waals surface area contributed by atoms with Crippen LogP contribution < -0.4 is 0 Å². The molecule has 4 N–H and O–H groups in total. The van der Waals surface area contributed by atoms with Gasteiger partial charge in [0.2, 0.25) is 0 Å². The molecule has 1 fully saturated rings. The molecular formula is C12H20O8. The van der Waals surface area contributed by atoms with Gasteiger partial charge in [0.25, 0.3) is 0 Å². The first kappa shape index (κ1) is 16.8. The fourth-order valence-electron chi connectivity index (χ4n) is 1.93. The third-order valence-corrected chi connectivity index (χ3v) is 3.04. The first-order valence-electron chi connectivity index (χ1n) is 6.45. The predicted molar refractivity (Wildman–Crippen MR) is 64.8 cm³/mol. The Bertz CT molecular complexity index is 331. The van der Waals surface area contributed by atoms with Gasteiger partial charge in [0.1, 0.15) is 18.3 Å². The smallest absolute Gasteiger partial charge is 0.306 e. The molecule has 1 rings (SSSR count). The lowest BCUT2D eigenvalue weighted by Gasteiger charge is -2.23. The molecule has 1 saturated heterocycles. The molecule has 8 heteroatoms. The number of aliphatic carboxylic acids is 1. The summed E-state index contributed by atoms with van der Waals surface area (Å²) in [6, 6.07) is 0. The number of aliphatic hydroxyl groups is 3. The number of carboxylic acids is 1. The molecule has 0 amide bonds. The molecule has 0 saturated carbocycles. The van der Waals surface area contributed by atoms with Gasteiger partial charge in [-0.05, 0) is 12.8 Å². The molecular weight excluding hydrogens is 272 g/mol. The monoisotopic (exact) mass is 292 g/mol. The van der Waals surface area contributed by atoms with Gasteiger partial charge in [-0.15, -0.1) is 0 Å². The second-order valence-electron chi connectivity index (χ2n) is 4.67. The Morgan fingerprint density at radius 3 is 2.40 bits per heavy atom. The quantitative estimate of drug-likeness (QED) is 0.319. The Labute approximate surface area is 115 Å². The number of hydrogen-bond donors (Lipinski definition) is 4. The van der Waals surface area contributed by atoms with Crippen molar-refractivity contribution in [1.82, 2.24) is 0 Å². The molecule has 0 aromatic heterocycles. The van der Waals surface area contributed by atoms with E-state index in [1.165, 1.54) is 0 Å². The van der Waals surface area contributed by atoms with Crippen LogP contribution in [0.15, 0.2) is 0 Å². The summed E-state index contributed by atoms with van der Waals surface area (Å²) in [4.78, 5) is 21.8. The Hall–Kier alpha value is -1.22. The maximum atomic E-state index is 11.5. The fourth-order valence-corrected chi connectivity index (χ4v) is 1.93. The normalized spacial score (nSPS) is 27.2. The third kappa shape index (κ3) is 5.04. The van der Waals surface area contributed by atoms with Crippen LogP contribution in [-0.4, -0.2) is 70.0 Å². The number of rotatable bonds is 8. The summed E-state index contributed by atoms with van der Waals surface area (Å²) in [6.45, 7) is -0.617. The molecule has 116 valence electrons. The Kier molecular flexibility index (Phi) is 6.86. The molecule has 0 aromatic rings. The number of carboxylic acid groups (broad SMARTS) is 1. The summed E-state index contributed by atoms with van der Waals surface area (Å²) >= 11 is 0. The van der Waals surface area contributed by atoms with Crippen molar-refractivity contribution in [2.24, 2.45) is 0 Å². The van der Waals surface area contributed by atoms with E-state index < -0.39 is 43.0 Å². The first-order valence-corrected chi connectivity index (χ1v) is 6.45. The van der Waals surface area contributed by atoms with Crippen LogP contribution in [-0.2, 0) is 19.1 Å².